The van der Waals surface area contributed by atoms with Gasteiger partial charge >= 0.3 is 7.12 Å². The molecule has 0 radical (unpaired) electrons. The molecule has 8 heteroatoms. The van der Waals surface area contributed by atoms with Gasteiger partial charge in [0.1, 0.15) is 11.1 Å². The molecule has 35 heavy (non-hydrogen) atoms. The van der Waals surface area contributed by atoms with Crippen molar-refractivity contribution in [3.05, 3.63) is 91.4 Å². The van der Waals surface area contributed by atoms with Crippen molar-refractivity contribution >= 4 is 56.5 Å². The van der Waals surface area contributed by atoms with Gasteiger partial charge in [0.25, 0.3) is 0 Å². The van der Waals surface area contributed by atoms with Crippen LogP contribution in [0.15, 0.2) is 95.8 Å². The normalized spacial score (nSPS) is 11.7. The molecule has 0 aliphatic carbocycles. The zero-order valence-electron chi connectivity index (χ0n) is 18.3. The maximum absolute atomic E-state index is 9.87. The second kappa shape index (κ2) is 7.49. The number of hydrogen-bond acceptors (Lipinski definition) is 6. The van der Waals surface area contributed by atoms with E-state index in [0.29, 0.717) is 22.5 Å². The van der Waals surface area contributed by atoms with Crippen LogP contribution in [0.4, 0.5) is 0 Å². The molecule has 0 amide bonds. The molecule has 0 saturated carbocycles. The average molecular weight is 456 g/mol. The predicted molar refractivity (Wildman–Crippen MR) is 137 cm³/mol. The van der Waals surface area contributed by atoms with E-state index >= 15 is 0 Å². The maximum Gasteiger partial charge on any atom is 0.492 e. The Bertz CT molecular complexity index is 1890. The lowest BCUT2D eigenvalue weighted by Crippen LogP contribution is -2.29. The van der Waals surface area contributed by atoms with Gasteiger partial charge in [0.2, 0.25) is 0 Å². The fourth-order valence-electron chi connectivity index (χ4n) is 4.82. The van der Waals surface area contributed by atoms with Crippen LogP contribution in [0.25, 0.3) is 61.0 Å². The van der Waals surface area contributed by atoms with Gasteiger partial charge in [-0.25, -0.2) is 9.97 Å². The van der Waals surface area contributed by atoms with Crippen molar-refractivity contribution in [3.63, 3.8) is 0 Å². The van der Waals surface area contributed by atoms with Crippen molar-refractivity contribution in [1.29, 1.82) is 0 Å². The number of para-hydroxylation sites is 2. The summed E-state index contributed by atoms with van der Waals surface area (Å²) in [5, 5.41) is 22.3. The summed E-state index contributed by atoms with van der Waals surface area (Å²) < 4.78 is 8.36. The summed E-state index contributed by atoms with van der Waals surface area (Å²) in [6, 6.07) is 23.1. The van der Waals surface area contributed by atoms with Crippen molar-refractivity contribution in [3.8, 4) is 17.1 Å². The summed E-state index contributed by atoms with van der Waals surface area (Å²) in [6.07, 6.45) is 5.40. The van der Waals surface area contributed by atoms with Gasteiger partial charge in [0, 0.05) is 39.6 Å². The van der Waals surface area contributed by atoms with Gasteiger partial charge in [-0.2, -0.15) is 0 Å². The van der Waals surface area contributed by atoms with Crippen LogP contribution in [0, 0.1) is 0 Å². The van der Waals surface area contributed by atoms with Gasteiger partial charge in [-0.3, -0.25) is 4.98 Å². The molecule has 2 N–H and O–H groups in total. The Morgan fingerprint density at radius 3 is 2.37 bits per heavy atom. The maximum atomic E-state index is 9.87. The topological polar surface area (TPSA) is 97.2 Å². The third-order valence-corrected chi connectivity index (χ3v) is 6.39. The highest BCUT2D eigenvalue weighted by atomic mass is 16.4. The summed E-state index contributed by atoms with van der Waals surface area (Å²) in [6.45, 7) is 0. The van der Waals surface area contributed by atoms with E-state index < -0.39 is 7.12 Å². The molecule has 166 valence electrons. The van der Waals surface area contributed by atoms with E-state index in [4.69, 9.17) is 9.40 Å². The van der Waals surface area contributed by atoms with Crippen LogP contribution in [0.3, 0.4) is 0 Å². The van der Waals surface area contributed by atoms with E-state index in [9.17, 15) is 10.0 Å². The van der Waals surface area contributed by atoms with Crippen molar-refractivity contribution in [2.24, 2.45) is 0 Å². The molecule has 0 bridgehead atoms. The number of fused-ring (bicyclic) bond motifs is 6. The van der Waals surface area contributed by atoms with Crippen LogP contribution in [-0.4, -0.2) is 36.7 Å². The standard InChI is InChI=1S/C27H17BN4O3/c33-28(34)20-10-4-8-17-18-9-5-11-22(26(18)35-25(17)20)32-21-12-13-29-14-19(21)24-23(32)15-30-27(31-24)16-6-2-1-3-7-16/h1-15,33-34H. The van der Waals surface area contributed by atoms with E-state index in [0.717, 1.165) is 44.0 Å². The van der Waals surface area contributed by atoms with Crippen LogP contribution in [0.2, 0.25) is 0 Å². The number of aromatic nitrogens is 4. The van der Waals surface area contributed by atoms with Gasteiger partial charge in [-0.1, -0.05) is 60.7 Å². The first-order valence-corrected chi connectivity index (χ1v) is 11.2. The fraction of sp³-hybridized carbons (Fsp3) is 0. The lowest BCUT2D eigenvalue weighted by atomic mass is 9.79. The second-order valence-electron chi connectivity index (χ2n) is 8.38. The number of hydrogen-bond donors (Lipinski definition) is 2. The Balaban J connectivity index is 1.57. The molecule has 7 nitrogen and oxygen atoms in total. The highest BCUT2D eigenvalue weighted by Crippen LogP contribution is 2.37. The quantitative estimate of drug-likeness (QED) is 0.387. The van der Waals surface area contributed by atoms with Crippen molar-refractivity contribution in [1.82, 2.24) is 19.5 Å². The number of furan rings is 1. The lowest BCUT2D eigenvalue weighted by molar-refractivity contribution is 0.425. The van der Waals surface area contributed by atoms with Crippen molar-refractivity contribution in [2.45, 2.75) is 0 Å². The highest BCUT2D eigenvalue weighted by molar-refractivity contribution is 6.61. The summed E-state index contributed by atoms with van der Waals surface area (Å²) in [5.74, 6) is 0.643. The van der Waals surface area contributed by atoms with E-state index in [-0.39, 0.29) is 0 Å². The number of benzene rings is 3. The van der Waals surface area contributed by atoms with E-state index in [1.54, 1.807) is 18.3 Å². The Hall–Kier alpha value is -4.53. The average Bonchev–Trinajstić information content (AvgIpc) is 3.44. The molecular formula is C27H17BN4O3. The summed E-state index contributed by atoms with van der Waals surface area (Å²) in [7, 11) is -1.63. The molecule has 4 aromatic heterocycles. The van der Waals surface area contributed by atoms with Crippen LogP contribution in [0.1, 0.15) is 0 Å². The third kappa shape index (κ3) is 2.91. The van der Waals surface area contributed by atoms with Crippen LogP contribution >= 0.6 is 0 Å². The number of pyridine rings is 1. The van der Waals surface area contributed by atoms with Crippen LogP contribution < -0.4 is 5.46 Å². The highest BCUT2D eigenvalue weighted by Gasteiger charge is 2.22. The van der Waals surface area contributed by atoms with E-state index in [2.05, 4.69) is 14.5 Å². The van der Waals surface area contributed by atoms with Gasteiger partial charge in [-0.15, -0.1) is 0 Å². The molecule has 0 unspecified atom stereocenters. The zero-order chi connectivity index (χ0) is 23.5. The Morgan fingerprint density at radius 2 is 1.54 bits per heavy atom. The molecule has 0 spiro atoms. The van der Waals surface area contributed by atoms with Crippen LogP contribution in [-0.2, 0) is 0 Å². The molecule has 0 atom stereocenters. The smallest absolute Gasteiger partial charge is 0.454 e. The predicted octanol–water partition coefficient (Wildman–Crippen LogP) is 4.21. The minimum atomic E-state index is -1.63. The molecule has 4 heterocycles. The molecule has 0 aliphatic rings. The van der Waals surface area contributed by atoms with Gasteiger partial charge in [0.15, 0.2) is 11.4 Å². The van der Waals surface area contributed by atoms with Gasteiger partial charge < -0.3 is 19.0 Å². The first-order valence-electron chi connectivity index (χ1n) is 11.2. The first kappa shape index (κ1) is 19.9. The lowest BCUT2D eigenvalue weighted by Gasteiger charge is -2.08. The molecule has 0 fully saturated rings. The molecule has 0 aliphatic heterocycles. The summed E-state index contributed by atoms with van der Waals surface area (Å²) in [5.41, 5.74) is 5.70. The first-order chi connectivity index (χ1) is 17.2. The van der Waals surface area contributed by atoms with Gasteiger partial charge in [0.05, 0.1) is 22.9 Å². The summed E-state index contributed by atoms with van der Waals surface area (Å²) in [4.78, 5) is 13.9. The molecule has 7 rings (SSSR count). The number of rotatable bonds is 3. The molecule has 0 saturated heterocycles. The molecule has 7 aromatic rings. The largest absolute Gasteiger partial charge is 0.492 e. The minimum Gasteiger partial charge on any atom is -0.454 e. The minimum absolute atomic E-state index is 0.326. The fourth-order valence-corrected chi connectivity index (χ4v) is 4.82. The van der Waals surface area contributed by atoms with Crippen molar-refractivity contribution < 1.29 is 14.5 Å². The Morgan fingerprint density at radius 1 is 0.743 bits per heavy atom. The zero-order valence-corrected chi connectivity index (χ0v) is 18.3. The second-order valence-corrected chi connectivity index (χ2v) is 8.38. The third-order valence-electron chi connectivity index (χ3n) is 6.39. The molecule has 3 aromatic carbocycles. The number of nitrogens with zero attached hydrogens (tertiary/aromatic N) is 4. The van der Waals surface area contributed by atoms with E-state index in [1.807, 2.05) is 73.1 Å². The van der Waals surface area contributed by atoms with Crippen LogP contribution in [0.5, 0.6) is 0 Å². The SMILES string of the molecule is OB(O)c1cccc2c1oc1c(-n3c4ccncc4c4nc(-c5ccccc5)ncc43)cccc12. The Labute approximate surface area is 199 Å². The monoisotopic (exact) mass is 456 g/mol. The molecular weight excluding hydrogens is 439 g/mol. The summed E-state index contributed by atoms with van der Waals surface area (Å²) >= 11 is 0. The van der Waals surface area contributed by atoms with Gasteiger partial charge in [-0.05, 0) is 12.1 Å². The Kier molecular flexibility index (Phi) is 4.26. The van der Waals surface area contributed by atoms with Crippen molar-refractivity contribution in [2.75, 3.05) is 0 Å². The van der Waals surface area contributed by atoms with E-state index in [1.165, 1.54) is 0 Å².